The van der Waals surface area contributed by atoms with Gasteiger partial charge in [0.1, 0.15) is 36.4 Å². The van der Waals surface area contributed by atoms with Crippen molar-refractivity contribution in [2.75, 3.05) is 25.1 Å². The largest absolute Gasteiger partial charge is 0.480 e. The number of carboxylic acids is 1. The van der Waals surface area contributed by atoms with Gasteiger partial charge in [-0.25, -0.2) is 4.98 Å². The third-order valence-electron chi connectivity index (χ3n) is 3.89. The Morgan fingerprint density at radius 1 is 1.48 bits per heavy atom. The molecule has 126 valence electrons. The van der Waals surface area contributed by atoms with E-state index >= 15 is 0 Å². The van der Waals surface area contributed by atoms with Crippen molar-refractivity contribution in [3.05, 3.63) is 12.0 Å². The zero-order valence-corrected chi connectivity index (χ0v) is 12.0. The summed E-state index contributed by atoms with van der Waals surface area (Å²) in [5, 5.41) is 48.8. The van der Waals surface area contributed by atoms with Gasteiger partial charge in [-0.15, -0.1) is 0 Å². The molecule has 1 aromatic rings. The van der Waals surface area contributed by atoms with Crippen LogP contribution in [-0.4, -0.2) is 84.8 Å². The number of ether oxygens (including phenoxy) is 1. The molecule has 11 heteroatoms. The molecule has 1 fully saturated rings. The highest BCUT2D eigenvalue weighted by atomic mass is 16.6. The molecule has 0 saturated carbocycles. The first-order valence-electron chi connectivity index (χ1n) is 6.92. The van der Waals surface area contributed by atoms with E-state index in [1.54, 1.807) is 0 Å². The molecule has 1 aromatic heterocycles. The average Bonchev–Trinajstić information content (AvgIpc) is 3.05. The zero-order chi connectivity index (χ0) is 16.7. The fourth-order valence-electron chi connectivity index (χ4n) is 2.71. The van der Waals surface area contributed by atoms with E-state index in [2.05, 4.69) is 10.3 Å². The smallest absolute Gasteiger partial charge is 0.323 e. The molecular weight excluding hydrogens is 310 g/mol. The number of carboxylic acid groups (broad SMARTS) is 1. The van der Waals surface area contributed by atoms with Crippen molar-refractivity contribution in [2.45, 2.75) is 24.5 Å². The van der Waals surface area contributed by atoms with E-state index in [-0.39, 0.29) is 24.7 Å². The number of imidazole rings is 1. The summed E-state index contributed by atoms with van der Waals surface area (Å²) < 4.78 is 6.85. The fraction of sp³-hybridized carbons (Fsp3) is 0.583. The van der Waals surface area contributed by atoms with Crippen LogP contribution in [0.25, 0.3) is 0 Å². The van der Waals surface area contributed by atoms with Crippen molar-refractivity contribution in [1.82, 2.24) is 14.5 Å². The van der Waals surface area contributed by atoms with Crippen LogP contribution in [-0.2, 0) is 9.53 Å². The Balaban J connectivity index is 1.86. The summed E-state index contributed by atoms with van der Waals surface area (Å²) in [6.07, 6.45) is -3.06. The number of anilines is 1. The lowest BCUT2D eigenvalue weighted by Gasteiger charge is -2.30. The molecule has 0 amide bonds. The van der Waals surface area contributed by atoms with Gasteiger partial charge in [-0.2, -0.15) is 0 Å². The van der Waals surface area contributed by atoms with E-state index in [0.717, 1.165) is 0 Å². The summed E-state index contributed by atoms with van der Waals surface area (Å²) in [5.41, 5.74) is 0.218. The van der Waals surface area contributed by atoms with Crippen molar-refractivity contribution >= 4 is 17.6 Å². The molecule has 0 bridgehead atoms. The standard InChI is InChI=1S/C12H17N5O6/c13-10-7-11(15-3-16(10)1-6(19)20)17(4-14-7)12-9(22)8(21)5(2-18)23-12/h4-5,8-9,12-13,15,18,21-22H,1-3H2,(H,19,20)/t5-,8-,9-,12-/m1/s1. The molecule has 3 heterocycles. The number of hydrogen-bond donors (Lipinski definition) is 6. The Kier molecular flexibility index (Phi) is 3.93. The third-order valence-corrected chi connectivity index (χ3v) is 3.89. The summed E-state index contributed by atoms with van der Waals surface area (Å²) >= 11 is 0. The maximum absolute atomic E-state index is 10.8. The van der Waals surface area contributed by atoms with Gasteiger partial charge in [0, 0.05) is 0 Å². The molecule has 2 aliphatic rings. The van der Waals surface area contributed by atoms with Crippen LogP contribution in [0.2, 0.25) is 0 Å². The van der Waals surface area contributed by atoms with Crippen molar-refractivity contribution in [2.24, 2.45) is 0 Å². The molecule has 6 N–H and O–H groups in total. The van der Waals surface area contributed by atoms with Gasteiger partial charge >= 0.3 is 5.97 Å². The number of fused-ring (bicyclic) bond motifs is 1. The Bertz CT molecular complexity index is 633. The SMILES string of the molecule is N=C1c2ncn([C@@H]3O[C@H](CO)[C@@H](O)[C@H]3O)c2NCN1CC(=O)O. The van der Waals surface area contributed by atoms with E-state index in [1.165, 1.54) is 15.8 Å². The van der Waals surface area contributed by atoms with Gasteiger partial charge in [-0.1, -0.05) is 0 Å². The lowest BCUT2D eigenvalue weighted by molar-refractivity contribution is -0.137. The highest BCUT2D eigenvalue weighted by Crippen LogP contribution is 2.33. The molecule has 3 rings (SSSR count). The van der Waals surface area contributed by atoms with Gasteiger partial charge < -0.3 is 35.4 Å². The quantitative estimate of drug-likeness (QED) is 0.353. The normalized spacial score (nSPS) is 30.2. The van der Waals surface area contributed by atoms with E-state index in [9.17, 15) is 15.0 Å². The first-order chi connectivity index (χ1) is 10.9. The minimum atomic E-state index is -1.27. The van der Waals surface area contributed by atoms with Gasteiger partial charge in [0.2, 0.25) is 0 Å². The highest BCUT2D eigenvalue weighted by molar-refractivity contribution is 6.01. The van der Waals surface area contributed by atoms with Crippen LogP contribution in [0.4, 0.5) is 5.82 Å². The van der Waals surface area contributed by atoms with Crippen LogP contribution < -0.4 is 5.32 Å². The van der Waals surface area contributed by atoms with E-state index in [4.69, 9.17) is 20.4 Å². The maximum Gasteiger partial charge on any atom is 0.323 e. The topological polar surface area (TPSA) is 164 Å². The number of nitrogens with one attached hydrogen (secondary N) is 2. The third kappa shape index (κ3) is 2.53. The maximum atomic E-state index is 10.8. The molecule has 4 atom stereocenters. The molecular formula is C12H17N5O6. The lowest BCUT2D eigenvalue weighted by atomic mass is 10.1. The van der Waals surface area contributed by atoms with E-state index < -0.39 is 37.1 Å². The van der Waals surface area contributed by atoms with Crippen LogP contribution in [0.1, 0.15) is 11.9 Å². The van der Waals surface area contributed by atoms with Gasteiger partial charge in [0.25, 0.3) is 0 Å². The van der Waals surface area contributed by atoms with Gasteiger partial charge in [-0.05, 0) is 0 Å². The number of aliphatic hydroxyl groups is 3. The first-order valence-corrected chi connectivity index (χ1v) is 6.92. The Morgan fingerprint density at radius 3 is 2.83 bits per heavy atom. The molecule has 0 aromatic carbocycles. The Labute approximate surface area is 130 Å². The number of carbonyl (C=O) groups is 1. The number of aliphatic carboxylic acids is 1. The lowest BCUT2D eigenvalue weighted by Crippen LogP contribution is -2.43. The Morgan fingerprint density at radius 2 is 2.22 bits per heavy atom. The number of aliphatic hydroxyl groups excluding tert-OH is 3. The first kappa shape index (κ1) is 15.7. The molecule has 0 unspecified atom stereocenters. The highest BCUT2D eigenvalue weighted by Gasteiger charge is 2.44. The summed E-state index contributed by atoms with van der Waals surface area (Å²) in [5.74, 6) is -0.749. The average molecular weight is 327 g/mol. The van der Waals surface area contributed by atoms with Crippen LogP contribution >= 0.6 is 0 Å². The molecule has 0 radical (unpaired) electrons. The predicted molar refractivity (Wildman–Crippen MR) is 74.9 cm³/mol. The predicted octanol–water partition coefficient (Wildman–Crippen LogP) is -2.41. The van der Waals surface area contributed by atoms with Crippen molar-refractivity contribution in [3.63, 3.8) is 0 Å². The van der Waals surface area contributed by atoms with E-state index in [0.29, 0.717) is 5.82 Å². The van der Waals surface area contributed by atoms with Gasteiger partial charge in [-0.3, -0.25) is 14.8 Å². The minimum Gasteiger partial charge on any atom is -0.480 e. The molecule has 11 nitrogen and oxygen atoms in total. The molecule has 0 spiro atoms. The fourth-order valence-corrected chi connectivity index (χ4v) is 2.71. The van der Waals surface area contributed by atoms with Gasteiger partial charge in [0.15, 0.2) is 12.1 Å². The second-order valence-electron chi connectivity index (χ2n) is 5.35. The molecule has 2 aliphatic heterocycles. The number of hydrogen-bond acceptors (Lipinski definition) is 8. The van der Waals surface area contributed by atoms with Crippen LogP contribution in [0.5, 0.6) is 0 Å². The second-order valence-corrected chi connectivity index (χ2v) is 5.35. The number of nitrogens with zero attached hydrogens (tertiary/aromatic N) is 3. The van der Waals surface area contributed by atoms with Crippen LogP contribution in [0.15, 0.2) is 6.33 Å². The zero-order valence-electron chi connectivity index (χ0n) is 12.0. The van der Waals surface area contributed by atoms with Crippen molar-refractivity contribution in [3.8, 4) is 0 Å². The van der Waals surface area contributed by atoms with E-state index in [1.807, 2.05) is 0 Å². The number of aromatic nitrogens is 2. The molecule has 0 aliphatic carbocycles. The summed E-state index contributed by atoms with van der Waals surface area (Å²) in [7, 11) is 0. The Hall–Kier alpha value is -2.21. The van der Waals surface area contributed by atoms with Crippen molar-refractivity contribution in [1.29, 1.82) is 5.41 Å². The van der Waals surface area contributed by atoms with Gasteiger partial charge in [0.05, 0.1) is 19.6 Å². The minimum absolute atomic E-state index is 0.0633. The van der Waals surface area contributed by atoms with Crippen LogP contribution in [0, 0.1) is 5.41 Å². The number of amidine groups is 1. The molecule has 1 saturated heterocycles. The summed E-state index contributed by atoms with van der Waals surface area (Å²) in [6, 6.07) is 0. The van der Waals surface area contributed by atoms with Crippen molar-refractivity contribution < 1.29 is 30.0 Å². The molecule has 23 heavy (non-hydrogen) atoms. The summed E-state index contributed by atoms with van der Waals surface area (Å²) in [6.45, 7) is -0.703. The monoisotopic (exact) mass is 327 g/mol. The van der Waals surface area contributed by atoms with Crippen LogP contribution in [0.3, 0.4) is 0 Å². The second kappa shape index (κ2) is 5.77. The number of rotatable bonds is 4. The summed E-state index contributed by atoms with van der Waals surface area (Å²) in [4.78, 5) is 16.1.